The number of rotatable bonds is 6. The Kier molecular flexibility index (Phi) is 5.70. The standard InChI is InChI=1S/C23H21N5O3/c1-15-8-10-18(11-9-15)13-24-25-20(29)14-28-23(30)21-16(2)27-31-22(21)19(26-28)12-17-6-4-3-5-7-17/h3-11,13H,12,14H2,1-2H3,(H,25,29)/b24-13-. The highest BCUT2D eigenvalue weighted by molar-refractivity contribution is 5.83. The van der Waals surface area contributed by atoms with Crippen LogP contribution in [0.5, 0.6) is 0 Å². The SMILES string of the molecule is Cc1ccc(/C=N\NC(=O)Cn2nc(Cc3ccccc3)c3onc(C)c3c2=O)cc1. The van der Waals surface area contributed by atoms with Crippen LogP contribution < -0.4 is 11.0 Å². The van der Waals surface area contributed by atoms with Crippen LogP contribution in [-0.2, 0) is 17.8 Å². The fraction of sp³-hybridized carbons (Fsp3) is 0.174. The number of aromatic nitrogens is 3. The molecule has 2 aromatic heterocycles. The minimum absolute atomic E-state index is 0.271. The lowest BCUT2D eigenvalue weighted by Crippen LogP contribution is -2.32. The van der Waals surface area contributed by atoms with Gasteiger partial charge in [0.05, 0.1) is 11.9 Å². The summed E-state index contributed by atoms with van der Waals surface area (Å²) in [4.78, 5) is 25.2. The number of hydrazone groups is 1. The first-order valence-corrected chi connectivity index (χ1v) is 9.80. The van der Waals surface area contributed by atoms with Crippen molar-refractivity contribution in [3.8, 4) is 0 Å². The molecule has 0 spiro atoms. The largest absolute Gasteiger partial charge is 0.354 e. The number of hydrogen-bond acceptors (Lipinski definition) is 6. The maximum Gasteiger partial charge on any atom is 0.280 e. The number of benzene rings is 2. The van der Waals surface area contributed by atoms with Crippen LogP contribution in [0.3, 0.4) is 0 Å². The Bertz CT molecular complexity index is 1310. The van der Waals surface area contributed by atoms with E-state index in [1.807, 2.05) is 61.5 Å². The van der Waals surface area contributed by atoms with Crippen LogP contribution in [0.4, 0.5) is 0 Å². The summed E-state index contributed by atoms with van der Waals surface area (Å²) in [5, 5.41) is 12.6. The van der Waals surface area contributed by atoms with E-state index in [0.717, 1.165) is 21.4 Å². The molecule has 0 atom stereocenters. The summed E-state index contributed by atoms with van der Waals surface area (Å²) in [6.07, 6.45) is 1.99. The molecule has 0 bridgehead atoms. The Morgan fingerprint density at radius 3 is 2.61 bits per heavy atom. The fourth-order valence-electron chi connectivity index (χ4n) is 3.20. The lowest BCUT2D eigenvalue weighted by Gasteiger charge is -2.07. The Morgan fingerprint density at radius 1 is 1.13 bits per heavy atom. The zero-order valence-corrected chi connectivity index (χ0v) is 17.2. The summed E-state index contributed by atoms with van der Waals surface area (Å²) in [5.41, 5.74) is 6.35. The van der Waals surface area contributed by atoms with Crippen molar-refractivity contribution in [3.05, 3.63) is 93.0 Å². The summed E-state index contributed by atoms with van der Waals surface area (Å²) in [6, 6.07) is 17.4. The van der Waals surface area contributed by atoms with E-state index in [1.54, 1.807) is 13.1 Å². The van der Waals surface area contributed by atoms with Gasteiger partial charge in [0, 0.05) is 6.42 Å². The van der Waals surface area contributed by atoms with Gasteiger partial charge in [0.1, 0.15) is 17.6 Å². The Morgan fingerprint density at radius 2 is 1.87 bits per heavy atom. The zero-order chi connectivity index (χ0) is 21.8. The number of carbonyl (C=O) groups is 1. The van der Waals surface area contributed by atoms with Gasteiger partial charge in [-0.3, -0.25) is 9.59 Å². The molecule has 1 amide bonds. The number of hydrogen-bond donors (Lipinski definition) is 1. The van der Waals surface area contributed by atoms with Gasteiger partial charge in [0.2, 0.25) is 0 Å². The van der Waals surface area contributed by atoms with Crippen LogP contribution in [0.15, 0.2) is 69.0 Å². The molecule has 0 fully saturated rings. The monoisotopic (exact) mass is 415 g/mol. The molecule has 0 unspecified atom stereocenters. The molecular weight excluding hydrogens is 394 g/mol. The molecule has 0 aliphatic carbocycles. The lowest BCUT2D eigenvalue weighted by atomic mass is 10.1. The van der Waals surface area contributed by atoms with Gasteiger partial charge in [-0.1, -0.05) is 65.3 Å². The topological polar surface area (TPSA) is 102 Å². The van der Waals surface area contributed by atoms with E-state index in [1.165, 1.54) is 0 Å². The zero-order valence-electron chi connectivity index (χ0n) is 17.2. The van der Waals surface area contributed by atoms with Crippen molar-refractivity contribution in [2.75, 3.05) is 0 Å². The Balaban J connectivity index is 1.57. The third kappa shape index (κ3) is 4.58. The molecule has 0 saturated heterocycles. The average Bonchev–Trinajstić information content (AvgIpc) is 3.16. The first-order valence-electron chi connectivity index (χ1n) is 9.80. The molecule has 31 heavy (non-hydrogen) atoms. The van der Waals surface area contributed by atoms with Crippen LogP contribution >= 0.6 is 0 Å². The normalized spacial score (nSPS) is 11.3. The second kappa shape index (κ2) is 8.74. The first-order chi connectivity index (χ1) is 15.0. The van der Waals surface area contributed by atoms with E-state index >= 15 is 0 Å². The van der Waals surface area contributed by atoms with Gasteiger partial charge in [-0.2, -0.15) is 10.2 Å². The maximum atomic E-state index is 12.9. The number of aryl methyl sites for hydroxylation is 2. The van der Waals surface area contributed by atoms with Crippen molar-refractivity contribution >= 4 is 23.1 Å². The molecule has 1 N–H and O–H groups in total. The van der Waals surface area contributed by atoms with E-state index in [0.29, 0.717) is 28.8 Å². The molecule has 8 nitrogen and oxygen atoms in total. The van der Waals surface area contributed by atoms with Gasteiger partial charge in [-0.05, 0) is 25.0 Å². The number of nitrogens with zero attached hydrogens (tertiary/aromatic N) is 4. The molecule has 0 aliphatic heterocycles. The second-order valence-corrected chi connectivity index (χ2v) is 7.25. The number of nitrogens with one attached hydrogen (secondary N) is 1. The summed E-state index contributed by atoms with van der Waals surface area (Å²) in [5.74, 6) is -0.461. The minimum Gasteiger partial charge on any atom is -0.354 e. The Hall–Kier alpha value is -4.07. The quantitative estimate of drug-likeness (QED) is 0.385. The summed E-state index contributed by atoms with van der Waals surface area (Å²) in [6.45, 7) is 3.41. The molecule has 2 aromatic carbocycles. The first kappa shape index (κ1) is 20.2. The van der Waals surface area contributed by atoms with Crippen molar-refractivity contribution in [1.29, 1.82) is 0 Å². The highest BCUT2D eigenvalue weighted by Gasteiger charge is 2.19. The third-order valence-electron chi connectivity index (χ3n) is 4.80. The maximum absolute atomic E-state index is 12.9. The van der Waals surface area contributed by atoms with Crippen molar-refractivity contribution in [2.45, 2.75) is 26.8 Å². The summed E-state index contributed by atoms with van der Waals surface area (Å²) in [7, 11) is 0. The van der Waals surface area contributed by atoms with Crippen molar-refractivity contribution < 1.29 is 9.32 Å². The summed E-state index contributed by atoms with van der Waals surface area (Å²) < 4.78 is 6.49. The molecular formula is C23H21N5O3. The van der Waals surface area contributed by atoms with Crippen LogP contribution in [0.1, 0.15) is 28.1 Å². The third-order valence-corrected chi connectivity index (χ3v) is 4.80. The molecule has 4 rings (SSSR count). The molecule has 0 radical (unpaired) electrons. The van der Waals surface area contributed by atoms with E-state index < -0.39 is 11.5 Å². The van der Waals surface area contributed by atoms with Gasteiger partial charge in [-0.25, -0.2) is 10.1 Å². The van der Waals surface area contributed by atoms with Crippen LogP contribution in [0.25, 0.3) is 11.0 Å². The molecule has 8 heteroatoms. The number of fused-ring (bicyclic) bond motifs is 1. The van der Waals surface area contributed by atoms with Crippen LogP contribution in [0.2, 0.25) is 0 Å². The smallest absolute Gasteiger partial charge is 0.280 e. The highest BCUT2D eigenvalue weighted by Crippen LogP contribution is 2.19. The number of amides is 1. The predicted molar refractivity (Wildman–Crippen MR) is 117 cm³/mol. The van der Waals surface area contributed by atoms with E-state index in [2.05, 4.69) is 20.8 Å². The highest BCUT2D eigenvalue weighted by atomic mass is 16.5. The van der Waals surface area contributed by atoms with Crippen LogP contribution in [0, 0.1) is 13.8 Å². The van der Waals surface area contributed by atoms with Crippen molar-refractivity contribution in [3.63, 3.8) is 0 Å². The van der Waals surface area contributed by atoms with Crippen LogP contribution in [-0.4, -0.2) is 27.1 Å². The van der Waals surface area contributed by atoms with E-state index in [4.69, 9.17) is 4.52 Å². The van der Waals surface area contributed by atoms with Gasteiger partial charge in [0.25, 0.3) is 11.5 Å². The molecule has 2 heterocycles. The number of carbonyl (C=O) groups excluding carboxylic acids is 1. The van der Waals surface area contributed by atoms with E-state index in [9.17, 15) is 9.59 Å². The van der Waals surface area contributed by atoms with Gasteiger partial charge >= 0.3 is 0 Å². The van der Waals surface area contributed by atoms with Gasteiger partial charge < -0.3 is 4.52 Å². The lowest BCUT2D eigenvalue weighted by molar-refractivity contribution is -0.121. The fourth-order valence-corrected chi connectivity index (χ4v) is 3.20. The van der Waals surface area contributed by atoms with Crippen molar-refractivity contribution in [2.24, 2.45) is 5.10 Å². The molecule has 4 aromatic rings. The van der Waals surface area contributed by atoms with Gasteiger partial charge in [0.15, 0.2) is 5.58 Å². The minimum atomic E-state index is -0.461. The van der Waals surface area contributed by atoms with E-state index in [-0.39, 0.29) is 6.54 Å². The summed E-state index contributed by atoms with van der Waals surface area (Å²) >= 11 is 0. The Labute approximate surface area is 178 Å². The molecule has 156 valence electrons. The predicted octanol–water partition coefficient (Wildman–Crippen LogP) is 2.74. The molecule has 0 saturated carbocycles. The molecule has 0 aliphatic rings. The second-order valence-electron chi connectivity index (χ2n) is 7.25. The average molecular weight is 415 g/mol. The van der Waals surface area contributed by atoms with Crippen molar-refractivity contribution in [1.82, 2.24) is 20.4 Å². The van der Waals surface area contributed by atoms with Gasteiger partial charge in [-0.15, -0.1) is 0 Å².